The number of benzene rings is 1. The van der Waals surface area contributed by atoms with E-state index in [4.69, 9.17) is 0 Å². The van der Waals surface area contributed by atoms with Gasteiger partial charge in [0.1, 0.15) is 5.03 Å². The number of rotatable bonds is 4. The molecule has 4 heteroatoms. The molecule has 1 aromatic carbocycles. The van der Waals surface area contributed by atoms with Gasteiger partial charge >= 0.3 is 0 Å². The summed E-state index contributed by atoms with van der Waals surface area (Å²) < 4.78 is 1.11. The van der Waals surface area contributed by atoms with E-state index < -0.39 is 0 Å². The average Bonchev–Trinajstić information content (AvgIpc) is 2.40. The minimum Gasteiger partial charge on any atom is -0.308 e. The van der Waals surface area contributed by atoms with Gasteiger partial charge < -0.3 is 5.32 Å². The molecule has 2 aromatic rings. The quantitative estimate of drug-likeness (QED) is 0.850. The monoisotopic (exact) mass is 350 g/mol. The fourth-order valence-corrected chi connectivity index (χ4v) is 3.07. The minimum atomic E-state index is 0.133. The first-order valence-corrected chi connectivity index (χ1v) is 8.17. The fourth-order valence-electron chi connectivity index (χ4n) is 1.62. The first-order valence-electron chi connectivity index (χ1n) is 6.56. The molecule has 1 heterocycles. The summed E-state index contributed by atoms with van der Waals surface area (Å²) in [5.41, 5.74) is 1.41. The van der Waals surface area contributed by atoms with E-state index in [0.717, 1.165) is 16.0 Å². The third-order valence-electron chi connectivity index (χ3n) is 2.67. The Morgan fingerprint density at radius 2 is 2.00 bits per heavy atom. The Morgan fingerprint density at radius 1 is 1.20 bits per heavy atom. The Hall–Kier alpha value is -0.840. The van der Waals surface area contributed by atoms with Crippen molar-refractivity contribution in [1.29, 1.82) is 0 Å². The van der Waals surface area contributed by atoms with Crippen LogP contribution in [0.4, 0.5) is 0 Å². The van der Waals surface area contributed by atoms with Gasteiger partial charge in [0.15, 0.2) is 0 Å². The highest BCUT2D eigenvalue weighted by Crippen LogP contribution is 2.32. The molecule has 1 aromatic heterocycles. The maximum absolute atomic E-state index is 4.34. The predicted octanol–water partition coefficient (Wildman–Crippen LogP) is 4.88. The smallest absolute Gasteiger partial charge is 0.101 e. The van der Waals surface area contributed by atoms with Crippen LogP contribution in [0.15, 0.2) is 57.0 Å². The van der Waals surface area contributed by atoms with Crippen LogP contribution >= 0.6 is 27.7 Å². The highest BCUT2D eigenvalue weighted by Gasteiger charge is 2.09. The van der Waals surface area contributed by atoms with Crippen LogP contribution in [0.3, 0.4) is 0 Å². The molecule has 2 nitrogen and oxygen atoms in total. The van der Waals surface area contributed by atoms with Crippen LogP contribution in [0.25, 0.3) is 0 Å². The maximum Gasteiger partial charge on any atom is 0.101 e. The molecular formula is C16H19BrN2S. The summed E-state index contributed by atoms with van der Waals surface area (Å²) in [5.74, 6) is 0. The number of hydrogen-bond donors (Lipinski definition) is 1. The van der Waals surface area contributed by atoms with Gasteiger partial charge in [0.05, 0.1) is 0 Å². The second kappa shape index (κ2) is 6.74. The van der Waals surface area contributed by atoms with Gasteiger partial charge in [-0.1, -0.05) is 23.9 Å². The van der Waals surface area contributed by atoms with Gasteiger partial charge in [-0.3, -0.25) is 0 Å². The Bertz CT molecular complexity index is 564. The molecule has 0 fully saturated rings. The van der Waals surface area contributed by atoms with Gasteiger partial charge in [0.25, 0.3) is 0 Å². The van der Waals surface area contributed by atoms with Crippen LogP contribution in [-0.4, -0.2) is 10.5 Å². The highest BCUT2D eigenvalue weighted by molar-refractivity contribution is 9.10. The molecule has 0 saturated carbocycles. The van der Waals surface area contributed by atoms with E-state index in [2.05, 4.69) is 65.2 Å². The van der Waals surface area contributed by atoms with Crippen molar-refractivity contribution in [2.24, 2.45) is 0 Å². The molecule has 0 aliphatic heterocycles. The fraction of sp³-hybridized carbons (Fsp3) is 0.312. The van der Waals surface area contributed by atoms with Crippen molar-refractivity contribution in [2.45, 2.75) is 42.8 Å². The van der Waals surface area contributed by atoms with Gasteiger partial charge in [-0.15, -0.1) is 0 Å². The molecule has 0 bridgehead atoms. The first kappa shape index (κ1) is 15.5. The normalized spacial score (nSPS) is 11.6. The molecule has 0 aliphatic carbocycles. The minimum absolute atomic E-state index is 0.133. The van der Waals surface area contributed by atoms with E-state index in [9.17, 15) is 0 Å². The van der Waals surface area contributed by atoms with Gasteiger partial charge in [-0.25, -0.2) is 4.98 Å². The standard InChI is InChI=1S/C16H19BrN2S/c1-16(2,3)19-11-12-7-8-14(13(17)10-12)20-15-6-4-5-9-18-15/h4-10,19H,11H2,1-3H3. The molecule has 0 unspecified atom stereocenters. The van der Waals surface area contributed by atoms with E-state index in [-0.39, 0.29) is 5.54 Å². The molecule has 0 aliphatic rings. The molecule has 0 saturated heterocycles. The SMILES string of the molecule is CC(C)(C)NCc1ccc(Sc2ccccn2)c(Br)c1. The number of halogens is 1. The lowest BCUT2D eigenvalue weighted by Gasteiger charge is -2.20. The number of nitrogens with one attached hydrogen (secondary N) is 1. The summed E-state index contributed by atoms with van der Waals surface area (Å²) in [4.78, 5) is 5.52. The predicted molar refractivity (Wildman–Crippen MR) is 89.1 cm³/mol. The molecule has 0 spiro atoms. The number of nitrogens with zero attached hydrogens (tertiary/aromatic N) is 1. The second-order valence-corrected chi connectivity index (χ2v) is 7.55. The van der Waals surface area contributed by atoms with Crippen molar-refractivity contribution in [3.8, 4) is 0 Å². The number of hydrogen-bond acceptors (Lipinski definition) is 3. The lowest BCUT2D eigenvalue weighted by atomic mass is 10.1. The van der Waals surface area contributed by atoms with Crippen LogP contribution in [0.2, 0.25) is 0 Å². The Labute approximate surface area is 133 Å². The van der Waals surface area contributed by atoms with Crippen LogP contribution in [0, 0.1) is 0 Å². The van der Waals surface area contributed by atoms with E-state index in [1.165, 1.54) is 10.5 Å². The molecular weight excluding hydrogens is 332 g/mol. The van der Waals surface area contributed by atoms with Crippen LogP contribution in [-0.2, 0) is 6.54 Å². The average molecular weight is 351 g/mol. The van der Waals surface area contributed by atoms with Crippen LogP contribution in [0.1, 0.15) is 26.3 Å². The summed E-state index contributed by atoms with van der Waals surface area (Å²) in [7, 11) is 0. The van der Waals surface area contributed by atoms with E-state index in [1.54, 1.807) is 11.8 Å². The highest BCUT2D eigenvalue weighted by atomic mass is 79.9. The Morgan fingerprint density at radius 3 is 2.60 bits per heavy atom. The molecule has 1 N–H and O–H groups in total. The van der Waals surface area contributed by atoms with Crippen molar-refractivity contribution in [1.82, 2.24) is 10.3 Å². The van der Waals surface area contributed by atoms with Crippen molar-refractivity contribution >= 4 is 27.7 Å². The lowest BCUT2D eigenvalue weighted by molar-refractivity contribution is 0.424. The number of aromatic nitrogens is 1. The van der Waals surface area contributed by atoms with E-state index >= 15 is 0 Å². The lowest BCUT2D eigenvalue weighted by Crippen LogP contribution is -2.35. The molecule has 106 valence electrons. The van der Waals surface area contributed by atoms with Gasteiger partial charge in [0, 0.05) is 27.6 Å². The third-order valence-corrected chi connectivity index (χ3v) is 4.62. The molecule has 0 atom stereocenters. The van der Waals surface area contributed by atoms with Crippen molar-refractivity contribution in [2.75, 3.05) is 0 Å². The Balaban J connectivity index is 2.06. The zero-order valence-electron chi connectivity index (χ0n) is 12.0. The zero-order chi connectivity index (χ0) is 14.6. The summed E-state index contributed by atoms with van der Waals surface area (Å²) in [6.45, 7) is 7.39. The van der Waals surface area contributed by atoms with Gasteiger partial charge in [-0.2, -0.15) is 0 Å². The molecule has 0 radical (unpaired) electrons. The summed E-state index contributed by atoms with van der Waals surface area (Å²) in [6, 6.07) is 12.4. The second-order valence-electron chi connectivity index (χ2n) is 5.64. The van der Waals surface area contributed by atoms with E-state index in [1.807, 2.05) is 24.4 Å². The van der Waals surface area contributed by atoms with Crippen LogP contribution < -0.4 is 5.32 Å². The van der Waals surface area contributed by atoms with E-state index in [0.29, 0.717) is 0 Å². The summed E-state index contributed by atoms with van der Waals surface area (Å²) >= 11 is 5.32. The van der Waals surface area contributed by atoms with Gasteiger partial charge in [-0.05, 0) is 66.5 Å². The topological polar surface area (TPSA) is 24.9 Å². The summed E-state index contributed by atoms with van der Waals surface area (Å²) in [5, 5.41) is 4.50. The Kier molecular flexibility index (Phi) is 5.24. The molecule has 20 heavy (non-hydrogen) atoms. The van der Waals surface area contributed by atoms with Crippen molar-refractivity contribution < 1.29 is 0 Å². The largest absolute Gasteiger partial charge is 0.308 e. The van der Waals surface area contributed by atoms with Crippen LogP contribution in [0.5, 0.6) is 0 Å². The molecule has 0 amide bonds. The first-order chi connectivity index (χ1) is 9.44. The van der Waals surface area contributed by atoms with Gasteiger partial charge in [0.2, 0.25) is 0 Å². The zero-order valence-corrected chi connectivity index (χ0v) is 14.4. The molecule has 2 rings (SSSR count). The maximum atomic E-state index is 4.34. The third kappa shape index (κ3) is 4.93. The van der Waals surface area contributed by atoms with Crippen molar-refractivity contribution in [3.63, 3.8) is 0 Å². The number of pyridine rings is 1. The van der Waals surface area contributed by atoms with Crippen molar-refractivity contribution in [3.05, 3.63) is 52.6 Å². The summed E-state index contributed by atoms with van der Waals surface area (Å²) in [6.07, 6.45) is 1.82.